The molecular formula is C15H12BrFO2. The maximum Gasteiger partial charge on any atom is 0.151 e. The van der Waals surface area contributed by atoms with E-state index in [2.05, 4.69) is 15.9 Å². The first-order valence-electron chi connectivity index (χ1n) is 5.72. The first-order valence-corrected chi connectivity index (χ1v) is 6.52. The van der Waals surface area contributed by atoms with E-state index in [-0.39, 0.29) is 5.82 Å². The lowest BCUT2D eigenvalue weighted by Gasteiger charge is -2.09. The van der Waals surface area contributed by atoms with Crippen LogP contribution in [0.15, 0.2) is 40.9 Å². The number of benzene rings is 2. The summed E-state index contributed by atoms with van der Waals surface area (Å²) in [6.45, 7) is 2.17. The zero-order valence-electron chi connectivity index (χ0n) is 10.3. The minimum Gasteiger partial charge on any atom is -0.489 e. The SMILES string of the molecule is Cc1cc(F)ccc1COc1ccc(Br)c(C=O)c1. The van der Waals surface area contributed by atoms with Gasteiger partial charge in [-0.3, -0.25) is 4.79 Å². The van der Waals surface area contributed by atoms with Crippen molar-refractivity contribution in [2.75, 3.05) is 0 Å². The Balaban J connectivity index is 2.12. The highest BCUT2D eigenvalue weighted by molar-refractivity contribution is 9.10. The van der Waals surface area contributed by atoms with E-state index in [9.17, 15) is 9.18 Å². The van der Waals surface area contributed by atoms with Crippen LogP contribution in [-0.2, 0) is 6.61 Å². The summed E-state index contributed by atoms with van der Waals surface area (Å²) in [5.41, 5.74) is 2.29. The molecule has 0 atom stereocenters. The maximum atomic E-state index is 13.0. The van der Waals surface area contributed by atoms with Crippen molar-refractivity contribution in [3.63, 3.8) is 0 Å². The summed E-state index contributed by atoms with van der Waals surface area (Å²) in [7, 11) is 0. The summed E-state index contributed by atoms with van der Waals surface area (Å²) < 4.78 is 19.3. The highest BCUT2D eigenvalue weighted by Gasteiger charge is 2.04. The molecule has 2 rings (SSSR count). The molecule has 0 radical (unpaired) electrons. The van der Waals surface area contributed by atoms with Crippen molar-refractivity contribution in [2.24, 2.45) is 0 Å². The van der Waals surface area contributed by atoms with Crippen molar-refractivity contribution in [3.05, 3.63) is 63.4 Å². The lowest BCUT2D eigenvalue weighted by atomic mass is 10.1. The summed E-state index contributed by atoms with van der Waals surface area (Å²) in [4.78, 5) is 10.8. The van der Waals surface area contributed by atoms with Crippen molar-refractivity contribution in [1.29, 1.82) is 0 Å². The molecule has 0 bridgehead atoms. The summed E-state index contributed by atoms with van der Waals surface area (Å²) in [5, 5.41) is 0. The molecule has 0 heterocycles. The van der Waals surface area contributed by atoms with Crippen molar-refractivity contribution < 1.29 is 13.9 Å². The molecule has 0 spiro atoms. The predicted molar refractivity (Wildman–Crippen MR) is 75.0 cm³/mol. The molecular weight excluding hydrogens is 311 g/mol. The molecule has 2 aromatic carbocycles. The summed E-state index contributed by atoms with van der Waals surface area (Å²) in [6.07, 6.45) is 0.764. The second kappa shape index (κ2) is 5.97. The molecule has 0 amide bonds. The minimum absolute atomic E-state index is 0.256. The lowest BCUT2D eigenvalue weighted by molar-refractivity contribution is 0.112. The Hall–Kier alpha value is -1.68. The number of aryl methyl sites for hydroxylation is 1. The number of rotatable bonds is 4. The Kier molecular flexibility index (Phi) is 4.32. The molecule has 0 saturated carbocycles. The third-order valence-corrected chi connectivity index (χ3v) is 3.52. The fourth-order valence-electron chi connectivity index (χ4n) is 1.68. The van der Waals surface area contributed by atoms with Gasteiger partial charge in [0.25, 0.3) is 0 Å². The van der Waals surface area contributed by atoms with Gasteiger partial charge in [-0.1, -0.05) is 22.0 Å². The monoisotopic (exact) mass is 322 g/mol. The van der Waals surface area contributed by atoms with Crippen molar-refractivity contribution >= 4 is 22.2 Å². The second-order valence-corrected chi connectivity index (χ2v) is 5.01. The fourth-order valence-corrected chi connectivity index (χ4v) is 2.02. The molecule has 98 valence electrons. The largest absolute Gasteiger partial charge is 0.489 e. The van der Waals surface area contributed by atoms with E-state index in [1.807, 2.05) is 6.92 Å². The summed E-state index contributed by atoms with van der Waals surface area (Å²) in [5.74, 6) is 0.349. The van der Waals surface area contributed by atoms with E-state index in [1.54, 1.807) is 24.3 Å². The molecule has 19 heavy (non-hydrogen) atoms. The van der Waals surface area contributed by atoms with Crippen LogP contribution in [0.3, 0.4) is 0 Å². The van der Waals surface area contributed by atoms with Crippen LogP contribution in [0.2, 0.25) is 0 Å². The first-order chi connectivity index (χ1) is 9.10. The molecule has 4 heteroatoms. The van der Waals surface area contributed by atoms with Crippen LogP contribution < -0.4 is 4.74 Å². The summed E-state index contributed by atoms with van der Waals surface area (Å²) in [6, 6.07) is 9.77. The van der Waals surface area contributed by atoms with Crippen LogP contribution in [0.5, 0.6) is 5.75 Å². The molecule has 0 aliphatic rings. The normalized spacial score (nSPS) is 10.3. The highest BCUT2D eigenvalue weighted by Crippen LogP contribution is 2.22. The van der Waals surface area contributed by atoms with Gasteiger partial charge in [0.15, 0.2) is 6.29 Å². The average molecular weight is 323 g/mol. The van der Waals surface area contributed by atoms with Gasteiger partial charge in [-0.15, -0.1) is 0 Å². The summed E-state index contributed by atoms with van der Waals surface area (Å²) >= 11 is 3.28. The Morgan fingerprint density at radius 2 is 2.05 bits per heavy atom. The highest BCUT2D eigenvalue weighted by atomic mass is 79.9. The van der Waals surface area contributed by atoms with Gasteiger partial charge < -0.3 is 4.74 Å². The Morgan fingerprint density at radius 3 is 2.74 bits per heavy atom. The van der Waals surface area contributed by atoms with E-state index in [1.165, 1.54) is 12.1 Å². The van der Waals surface area contributed by atoms with Gasteiger partial charge in [-0.05, 0) is 48.4 Å². The fraction of sp³-hybridized carbons (Fsp3) is 0.133. The van der Waals surface area contributed by atoms with E-state index in [4.69, 9.17) is 4.74 Å². The molecule has 0 saturated heterocycles. The van der Waals surface area contributed by atoms with E-state index < -0.39 is 0 Å². The maximum absolute atomic E-state index is 13.0. The van der Waals surface area contributed by atoms with Gasteiger partial charge in [-0.25, -0.2) is 4.39 Å². The number of carbonyl (C=O) groups excluding carboxylic acids is 1. The number of hydrogen-bond acceptors (Lipinski definition) is 2. The Labute approximate surface area is 119 Å². The second-order valence-electron chi connectivity index (χ2n) is 4.16. The van der Waals surface area contributed by atoms with Crippen molar-refractivity contribution in [3.8, 4) is 5.75 Å². The van der Waals surface area contributed by atoms with Gasteiger partial charge in [0, 0.05) is 10.0 Å². The molecule has 0 aromatic heterocycles. The minimum atomic E-state index is -0.256. The molecule has 0 aliphatic carbocycles. The van der Waals surface area contributed by atoms with Crippen LogP contribution in [0.4, 0.5) is 4.39 Å². The molecule has 2 nitrogen and oxygen atoms in total. The molecule has 0 fully saturated rings. The smallest absolute Gasteiger partial charge is 0.151 e. The number of aldehydes is 1. The van der Waals surface area contributed by atoms with Crippen LogP contribution in [0.25, 0.3) is 0 Å². The van der Waals surface area contributed by atoms with Crippen LogP contribution in [0.1, 0.15) is 21.5 Å². The number of halogens is 2. The average Bonchev–Trinajstić information content (AvgIpc) is 2.39. The molecule has 0 aliphatic heterocycles. The van der Waals surface area contributed by atoms with Gasteiger partial charge >= 0.3 is 0 Å². The standard InChI is InChI=1S/C15H12BrFO2/c1-10-6-13(17)3-2-11(10)9-19-14-4-5-15(16)12(7-14)8-18/h2-8H,9H2,1H3. The van der Waals surface area contributed by atoms with Gasteiger partial charge in [0.1, 0.15) is 18.2 Å². The molecule has 0 unspecified atom stereocenters. The Bertz CT molecular complexity index is 611. The number of hydrogen-bond donors (Lipinski definition) is 0. The quantitative estimate of drug-likeness (QED) is 0.785. The van der Waals surface area contributed by atoms with E-state index in [0.29, 0.717) is 17.9 Å². The van der Waals surface area contributed by atoms with Gasteiger partial charge in [-0.2, -0.15) is 0 Å². The van der Waals surface area contributed by atoms with E-state index in [0.717, 1.165) is 21.9 Å². The Morgan fingerprint density at radius 1 is 1.26 bits per heavy atom. The predicted octanol–water partition coefficient (Wildman–Crippen LogP) is 4.29. The number of carbonyl (C=O) groups is 1. The van der Waals surface area contributed by atoms with E-state index >= 15 is 0 Å². The number of ether oxygens (including phenoxy) is 1. The third kappa shape index (κ3) is 3.41. The van der Waals surface area contributed by atoms with Crippen LogP contribution in [0, 0.1) is 12.7 Å². The van der Waals surface area contributed by atoms with Crippen LogP contribution in [-0.4, -0.2) is 6.29 Å². The molecule has 0 N–H and O–H groups in total. The van der Waals surface area contributed by atoms with Crippen molar-refractivity contribution in [1.82, 2.24) is 0 Å². The molecule has 2 aromatic rings. The zero-order valence-corrected chi connectivity index (χ0v) is 11.9. The third-order valence-electron chi connectivity index (χ3n) is 2.79. The lowest BCUT2D eigenvalue weighted by Crippen LogP contribution is -1.99. The van der Waals surface area contributed by atoms with Crippen LogP contribution >= 0.6 is 15.9 Å². The van der Waals surface area contributed by atoms with Gasteiger partial charge in [0.05, 0.1) is 0 Å². The van der Waals surface area contributed by atoms with Crippen molar-refractivity contribution in [2.45, 2.75) is 13.5 Å². The zero-order chi connectivity index (χ0) is 13.8. The first kappa shape index (κ1) is 13.7. The van der Waals surface area contributed by atoms with Gasteiger partial charge in [0.2, 0.25) is 0 Å². The topological polar surface area (TPSA) is 26.3 Å².